The Balaban J connectivity index is 2.59. The van der Waals surface area contributed by atoms with Crippen LogP contribution in [0.3, 0.4) is 0 Å². The van der Waals surface area contributed by atoms with E-state index in [0.29, 0.717) is 0 Å². The maximum atomic E-state index is 11.9. The van der Waals surface area contributed by atoms with Crippen LogP contribution >= 0.6 is 0 Å². The molecule has 0 N–H and O–H groups in total. The molecule has 1 atom stereocenters. The Labute approximate surface area is 113 Å². The summed E-state index contributed by atoms with van der Waals surface area (Å²) in [7, 11) is 0. The van der Waals surface area contributed by atoms with Crippen LogP contribution in [-0.4, -0.2) is 22.3 Å². The van der Waals surface area contributed by atoms with E-state index in [4.69, 9.17) is 0 Å². The van der Waals surface area contributed by atoms with Crippen LogP contribution in [0.4, 0.5) is 17.1 Å². The van der Waals surface area contributed by atoms with Crippen LogP contribution in [0.2, 0.25) is 0 Å². The molecule has 1 aliphatic heterocycles. The molecule has 0 radical (unpaired) electrons. The molecule has 0 bridgehead atoms. The second-order valence-electron chi connectivity index (χ2n) is 4.36. The number of nitro groups is 2. The fourth-order valence-electron chi connectivity index (χ4n) is 2.20. The zero-order valence-electron chi connectivity index (χ0n) is 10.4. The lowest BCUT2D eigenvalue weighted by Gasteiger charge is -2.16. The molecule has 1 aliphatic rings. The standard InChI is InChI=1S/C12H11N3O5/c1-2-8-6-11(16)13(7-8)12-9(14(17)18)4-3-5-10(12)15(19)20/h2-5,8H,1,6-7H2. The number of rotatable bonds is 4. The lowest BCUT2D eigenvalue weighted by Crippen LogP contribution is -2.26. The third kappa shape index (κ3) is 2.22. The lowest BCUT2D eigenvalue weighted by atomic mass is 10.1. The summed E-state index contributed by atoms with van der Waals surface area (Å²) in [5, 5.41) is 22.1. The Kier molecular flexibility index (Phi) is 3.47. The minimum atomic E-state index is -0.725. The first-order valence-electron chi connectivity index (χ1n) is 5.80. The summed E-state index contributed by atoms with van der Waals surface area (Å²) in [4.78, 5) is 33.6. The number of benzene rings is 1. The van der Waals surface area contributed by atoms with Gasteiger partial charge in [0.05, 0.1) is 9.85 Å². The molecule has 0 aliphatic carbocycles. The van der Waals surface area contributed by atoms with Gasteiger partial charge in [-0.25, -0.2) is 0 Å². The molecule has 1 unspecified atom stereocenters. The minimum absolute atomic E-state index is 0.146. The van der Waals surface area contributed by atoms with Crippen LogP contribution in [0.25, 0.3) is 0 Å². The molecule has 1 amide bonds. The van der Waals surface area contributed by atoms with E-state index < -0.39 is 21.2 Å². The Hall–Kier alpha value is -2.77. The fraction of sp³-hybridized carbons (Fsp3) is 0.250. The Bertz CT molecular complexity index is 581. The zero-order valence-corrected chi connectivity index (χ0v) is 10.4. The summed E-state index contributed by atoms with van der Waals surface area (Å²) >= 11 is 0. The molecule has 104 valence electrons. The monoisotopic (exact) mass is 277 g/mol. The number of anilines is 1. The van der Waals surface area contributed by atoms with Gasteiger partial charge in [0.2, 0.25) is 11.6 Å². The molecule has 1 aromatic rings. The van der Waals surface area contributed by atoms with E-state index in [2.05, 4.69) is 6.58 Å². The van der Waals surface area contributed by atoms with Crippen molar-refractivity contribution in [2.24, 2.45) is 5.92 Å². The molecule has 1 heterocycles. The van der Waals surface area contributed by atoms with Crippen LogP contribution in [0.5, 0.6) is 0 Å². The van der Waals surface area contributed by atoms with Gasteiger partial charge in [-0.1, -0.05) is 6.08 Å². The molecule has 0 spiro atoms. The van der Waals surface area contributed by atoms with Crippen molar-refractivity contribution in [1.29, 1.82) is 0 Å². The number of hydrogen-bond donors (Lipinski definition) is 0. The van der Waals surface area contributed by atoms with E-state index in [-0.39, 0.29) is 30.5 Å². The topological polar surface area (TPSA) is 107 Å². The van der Waals surface area contributed by atoms with Crippen molar-refractivity contribution in [3.05, 3.63) is 51.1 Å². The van der Waals surface area contributed by atoms with Crippen molar-refractivity contribution in [2.45, 2.75) is 6.42 Å². The van der Waals surface area contributed by atoms with Gasteiger partial charge in [0.25, 0.3) is 11.4 Å². The number of carbonyl (C=O) groups excluding carboxylic acids is 1. The second-order valence-corrected chi connectivity index (χ2v) is 4.36. The summed E-state index contributed by atoms with van der Waals surface area (Å²) in [6, 6.07) is 3.53. The van der Waals surface area contributed by atoms with Crippen molar-refractivity contribution in [1.82, 2.24) is 0 Å². The quantitative estimate of drug-likeness (QED) is 0.475. The largest absolute Gasteiger partial charge is 0.300 e. The molecule has 1 fully saturated rings. The zero-order chi connectivity index (χ0) is 14.9. The predicted molar refractivity (Wildman–Crippen MR) is 70.4 cm³/mol. The van der Waals surface area contributed by atoms with Gasteiger partial charge in [-0.2, -0.15) is 0 Å². The van der Waals surface area contributed by atoms with E-state index in [1.165, 1.54) is 6.07 Å². The Morgan fingerprint density at radius 2 is 1.80 bits per heavy atom. The molecule has 0 aromatic heterocycles. The maximum Gasteiger partial charge on any atom is 0.300 e. The fourth-order valence-corrected chi connectivity index (χ4v) is 2.20. The average molecular weight is 277 g/mol. The lowest BCUT2D eigenvalue weighted by molar-refractivity contribution is -0.392. The predicted octanol–water partition coefficient (Wildman–Crippen LogP) is 2.04. The summed E-state index contributed by atoms with van der Waals surface area (Å²) in [6.07, 6.45) is 1.71. The van der Waals surface area contributed by atoms with Gasteiger partial charge in [0.1, 0.15) is 0 Å². The molecular formula is C12H11N3O5. The average Bonchev–Trinajstić information content (AvgIpc) is 2.78. The minimum Gasteiger partial charge on any atom is -0.300 e. The smallest absolute Gasteiger partial charge is 0.300 e. The highest BCUT2D eigenvalue weighted by molar-refractivity contribution is 6.00. The van der Waals surface area contributed by atoms with E-state index >= 15 is 0 Å². The third-order valence-electron chi connectivity index (χ3n) is 3.15. The van der Waals surface area contributed by atoms with Crippen molar-refractivity contribution >= 4 is 23.0 Å². The molecule has 20 heavy (non-hydrogen) atoms. The molecule has 8 nitrogen and oxygen atoms in total. The summed E-state index contributed by atoms with van der Waals surface area (Å²) in [6.45, 7) is 3.73. The Morgan fingerprint density at radius 1 is 1.25 bits per heavy atom. The van der Waals surface area contributed by atoms with Crippen LogP contribution in [0.15, 0.2) is 30.9 Å². The van der Waals surface area contributed by atoms with E-state index in [1.807, 2.05) is 0 Å². The Morgan fingerprint density at radius 3 is 2.20 bits per heavy atom. The number of nitro benzene ring substituents is 2. The molecule has 2 rings (SSSR count). The van der Waals surface area contributed by atoms with Crippen molar-refractivity contribution < 1.29 is 14.6 Å². The highest BCUT2D eigenvalue weighted by Gasteiger charge is 2.38. The van der Waals surface area contributed by atoms with Gasteiger partial charge in [0, 0.05) is 31.0 Å². The first-order valence-corrected chi connectivity index (χ1v) is 5.80. The number of hydrogen-bond acceptors (Lipinski definition) is 5. The van der Waals surface area contributed by atoms with Crippen LogP contribution in [-0.2, 0) is 4.79 Å². The van der Waals surface area contributed by atoms with Crippen LogP contribution in [0, 0.1) is 26.1 Å². The van der Waals surface area contributed by atoms with Crippen molar-refractivity contribution in [3.63, 3.8) is 0 Å². The van der Waals surface area contributed by atoms with Gasteiger partial charge < -0.3 is 4.90 Å². The molecular weight excluding hydrogens is 266 g/mol. The van der Waals surface area contributed by atoms with Crippen LogP contribution in [0.1, 0.15) is 6.42 Å². The van der Waals surface area contributed by atoms with Gasteiger partial charge in [-0.3, -0.25) is 25.0 Å². The van der Waals surface area contributed by atoms with E-state index in [9.17, 15) is 25.0 Å². The summed E-state index contributed by atoms with van der Waals surface area (Å²) in [5.74, 6) is -0.547. The normalized spacial score (nSPS) is 18.1. The first kappa shape index (κ1) is 13.7. The van der Waals surface area contributed by atoms with Gasteiger partial charge in [-0.15, -0.1) is 6.58 Å². The van der Waals surface area contributed by atoms with Crippen LogP contribution < -0.4 is 4.90 Å². The molecule has 0 saturated carbocycles. The number of amides is 1. The number of para-hydroxylation sites is 1. The summed E-state index contributed by atoms with van der Waals surface area (Å²) < 4.78 is 0. The number of nitrogens with zero attached hydrogens (tertiary/aromatic N) is 3. The van der Waals surface area contributed by atoms with Crippen molar-refractivity contribution in [2.75, 3.05) is 11.4 Å². The molecule has 1 aromatic carbocycles. The van der Waals surface area contributed by atoms with Crippen molar-refractivity contribution in [3.8, 4) is 0 Å². The second kappa shape index (κ2) is 5.08. The molecule has 8 heteroatoms. The molecule has 1 saturated heterocycles. The first-order chi connectivity index (χ1) is 9.45. The maximum absolute atomic E-state index is 11.9. The third-order valence-corrected chi connectivity index (χ3v) is 3.15. The van der Waals surface area contributed by atoms with Gasteiger partial charge >= 0.3 is 0 Å². The SMILES string of the molecule is C=CC1CC(=O)N(c2c([N+](=O)[O-])cccc2[N+](=O)[O-])C1. The number of carbonyl (C=O) groups is 1. The van der Waals surface area contributed by atoms with E-state index in [1.54, 1.807) is 6.08 Å². The van der Waals surface area contributed by atoms with Gasteiger partial charge in [0.15, 0.2) is 0 Å². The summed E-state index contributed by atoms with van der Waals surface area (Å²) in [5.41, 5.74) is -1.15. The highest BCUT2D eigenvalue weighted by atomic mass is 16.6. The van der Waals surface area contributed by atoms with Gasteiger partial charge in [-0.05, 0) is 6.07 Å². The van der Waals surface area contributed by atoms with E-state index in [0.717, 1.165) is 17.0 Å². The highest BCUT2D eigenvalue weighted by Crippen LogP contribution is 2.40.